The van der Waals surface area contributed by atoms with Gasteiger partial charge in [-0.15, -0.1) is 0 Å². The number of nitrogens with one attached hydrogen (secondary N) is 3. The second-order valence-electron chi connectivity index (χ2n) is 5.49. The van der Waals surface area contributed by atoms with Gasteiger partial charge in [-0.25, -0.2) is 9.59 Å². The predicted octanol–water partition coefficient (Wildman–Crippen LogP) is 0.557. The monoisotopic (exact) mass is 287 g/mol. The fourth-order valence-corrected chi connectivity index (χ4v) is 1.60. The lowest BCUT2D eigenvalue weighted by Crippen LogP contribution is -2.52. The average molecular weight is 287 g/mol. The minimum Gasteiger partial charge on any atom is -0.480 e. The van der Waals surface area contributed by atoms with Gasteiger partial charge < -0.3 is 21.1 Å². The third-order valence-corrected chi connectivity index (χ3v) is 3.30. The van der Waals surface area contributed by atoms with Crippen LogP contribution in [0.15, 0.2) is 0 Å². The van der Waals surface area contributed by atoms with Crippen LogP contribution in [0.4, 0.5) is 4.79 Å². The molecule has 20 heavy (non-hydrogen) atoms. The van der Waals surface area contributed by atoms with E-state index in [2.05, 4.69) is 16.0 Å². The number of rotatable bonds is 7. The summed E-state index contributed by atoms with van der Waals surface area (Å²) in [7, 11) is 1.52. The van der Waals surface area contributed by atoms with Gasteiger partial charge in [0.15, 0.2) is 0 Å². The first-order valence-corrected chi connectivity index (χ1v) is 6.65. The summed E-state index contributed by atoms with van der Waals surface area (Å²) in [4.78, 5) is 34.4. The first-order valence-electron chi connectivity index (χ1n) is 6.65. The Balaban J connectivity index is 4.48. The second kappa shape index (κ2) is 7.72. The Morgan fingerprint density at radius 2 is 1.80 bits per heavy atom. The van der Waals surface area contributed by atoms with Crippen molar-refractivity contribution in [3.05, 3.63) is 0 Å². The van der Waals surface area contributed by atoms with Crippen LogP contribution in [0.2, 0.25) is 0 Å². The summed E-state index contributed by atoms with van der Waals surface area (Å²) in [5, 5.41) is 16.5. The SMILES string of the molecule is CC[C@H](C)[C@H](NC(=O)NCC(C)(C)C(=O)NC)C(=O)O. The van der Waals surface area contributed by atoms with Crippen molar-refractivity contribution in [1.82, 2.24) is 16.0 Å². The van der Waals surface area contributed by atoms with Gasteiger partial charge in [-0.2, -0.15) is 0 Å². The Kier molecular flexibility index (Phi) is 7.02. The molecule has 0 saturated heterocycles. The summed E-state index contributed by atoms with van der Waals surface area (Å²) in [6.07, 6.45) is 0.640. The number of carbonyl (C=O) groups excluding carboxylic acids is 2. The molecule has 7 nitrogen and oxygen atoms in total. The fraction of sp³-hybridized carbons (Fsp3) is 0.769. The quantitative estimate of drug-likeness (QED) is 0.548. The molecule has 4 N–H and O–H groups in total. The van der Waals surface area contributed by atoms with Crippen molar-refractivity contribution >= 4 is 17.9 Å². The van der Waals surface area contributed by atoms with Crippen LogP contribution >= 0.6 is 0 Å². The third kappa shape index (κ3) is 5.46. The molecule has 0 spiro atoms. The first-order chi connectivity index (χ1) is 9.15. The smallest absolute Gasteiger partial charge is 0.326 e. The van der Waals surface area contributed by atoms with Gasteiger partial charge in [-0.05, 0) is 19.8 Å². The molecule has 0 aliphatic heterocycles. The maximum absolute atomic E-state index is 11.7. The van der Waals surface area contributed by atoms with E-state index in [1.54, 1.807) is 20.8 Å². The van der Waals surface area contributed by atoms with Crippen molar-refractivity contribution in [3.8, 4) is 0 Å². The van der Waals surface area contributed by atoms with E-state index >= 15 is 0 Å². The molecule has 7 heteroatoms. The first kappa shape index (κ1) is 18.2. The minimum absolute atomic E-state index is 0.116. The van der Waals surface area contributed by atoms with Crippen molar-refractivity contribution in [2.75, 3.05) is 13.6 Å². The van der Waals surface area contributed by atoms with E-state index in [0.29, 0.717) is 6.42 Å². The van der Waals surface area contributed by atoms with Gasteiger partial charge in [0.2, 0.25) is 5.91 Å². The number of hydrogen-bond acceptors (Lipinski definition) is 3. The number of carbonyl (C=O) groups is 3. The van der Waals surface area contributed by atoms with Gasteiger partial charge in [0, 0.05) is 13.6 Å². The minimum atomic E-state index is -1.07. The van der Waals surface area contributed by atoms with Crippen LogP contribution in [0.25, 0.3) is 0 Å². The summed E-state index contributed by atoms with van der Waals surface area (Å²) < 4.78 is 0. The fourth-order valence-electron chi connectivity index (χ4n) is 1.60. The molecule has 0 radical (unpaired) electrons. The molecule has 116 valence electrons. The molecule has 0 aromatic heterocycles. The van der Waals surface area contributed by atoms with E-state index < -0.39 is 23.5 Å². The number of carboxylic acid groups (broad SMARTS) is 1. The number of aliphatic carboxylic acids is 1. The summed E-state index contributed by atoms with van der Waals surface area (Å²) in [5.41, 5.74) is -0.763. The van der Waals surface area contributed by atoms with E-state index in [9.17, 15) is 14.4 Å². The largest absolute Gasteiger partial charge is 0.480 e. The van der Waals surface area contributed by atoms with Crippen LogP contribution in [0.3, 0.4) is 0 Å². The Morgan fingerprint density at radius 1 is 1.25 bits per heavy atom. The van der Waals surface area contributed by atoms with Gasteiger partial charge in [0.25, 0.3) is 0 Å². The highest BCUT2D eigenvalue weighted by molar-refractivity contribution is 5.84. The lowest BCUT2D eigenvalue weighted by atomic mass is 9.92. The molecule has 3 amide bonds. The molecule has 2 atom stereocenters. The number of urea groups is 1. The molecular weight excluding hydrogens is 262 g/mol. The number of amides is 3. The summed E-state index contributed by atoms with van der Waals surface area (Å²) >= 11 is 0. The van der Waals surface area contributed by atoms with Crippen molar-refractivity contribution in [1.29, 1.82) is 0 Å². The molecule has 0 aromatic rings. The molecule has 0 heterocycles. The van der Waals surface area contributed by atoms with Crippen LogP contribution in [0.5, 0.6) is 0 Å². The highest BCUT2D eigenvalue weighted by Crippen LogP contribution is 2.13. The lowest BCUT2D eigenvalue weighted by Gasteiger charge is -2.25. The predicted molar refractivity (Wildman–Crippen MR) is 75.3 cm³/mol. The molecule has 0 bridgehead atoms. The molecule has 0 aliphatic rings. The van der Waals surface area contributed by atoms with Gasteiger partial charge in [0.05, 0.1) is 5.41 Å². The lowest BCUT2D eigenvalue weighted by molar-refractivity contribution is -0.140. The molecule has 0 saturated carbocycles. The van der Waals surface area contributed by atoms with Crippen molar-refractivity contribution in [2.45, 2.75) is 40.2 Å². The van der Waals surface area contributed by atoms with Crippen LogP contribution < -0.4 is 16.0 Å². The van der Waals surface area contributed by atoms with E-state index in [1.807, 2.05) is 6.92 Å². The number of carboxylic acids is 1. The van der Waals surface area contributed by atoms with E-state index in [-0.39, 0.29) is 18.4 Å². The van der Waals surface area contributed by atoms with Crippen molar-refractivity contribution < 1.29 is 19.5 Å². The zero-order valence-electron chi connectivity index (χ0n) is 12.7. The Bertz CT molecular complexity index is 369. The molecule has 0 fully saturated rings. The maximum Gasteiger partial charge on any atom is 0.326 e. The summed E-state index contributed by atoms with van der Waals surface area (Å²) in [5.74, 6) is -1.44. The Labute approximate surface area is 119 Å². The molecule has 0 rings (SSSR count). The molecular formula is C13H25N3O4. The van der Waals surface area contributed by atoms with Crippen LogP contribution in [0, 0.1) is 11.3 Å². The Hall–Kier alpha value is -1.79. The van der Waals surface area contributed by atoms with Crippen molar-refractivity contribution in [3.63, 3.8) is 0 Å². The number of hydrogen-bond donors (Lipinski definition) is 4. The zero-order chi connectivity index (χ0) is 15.9. The summed E-state index contributed by atoms with van der Waals surface area (Å²) in [6.45, 7) is 7.11. The molecule has 0 aliphatic carbocycles. The average Bonchev–Trinajstić information content (AvgIpc) is 2.40. The van der Waals surface area contributed by atoms with Crippen LogP contribution in [0.1, 0.15) is 34.1 Å². The van der Waals surface area contributed by atoms with Crippen molar-refractivity contribution in [2.24, 2.45) is 11.3 Å². The highest BCUT2D eigenvalue weighted by atomic mass is 16.4. The van der Waals surface area contributed by atoms with E-state index in [1.165, 1.54) is 7.05 Å². The molecule has 0 aromatic carbocycles. The zero-order valence-corrected chi connectivity index (χ0v) is 12.7. The van der Waals surface area contributed by atoms with E-state index in [0.717, 1.165) is 0 Å². The molecule has 0 unspecified atom stereocenters. The van der Waals surface area contributed by atoms with Gasteiger partial charge in [0.1, 0.15) is 6.04 Å². The third-order valence-electron chi connectivity index (χ3n) is 3.30. The van der Waals surface area contributed by atoms with Crippen LogP contribution in [-0.2, 0) is 9.59 Å². The summed E-state index contributed by atoms with van der Waals surface area (Å²) in [6, 6.07) is -1.53. The van der Waals surface area contributed by atoms with E-state index in [4.69, 9.17) is 5.11 Å². The Morgan fingerprint density at radius 3 is 2.20 bits per heavy atom. The van der Waals surface area contributed by atoms with Crippen LogP contribution in [-0.4, -0.2) is 42.6 Å². The second-order valence-corrected chi connectivity index (χ2v) is 5.49. The highest BCUT2D eigenvalue weighted by Gasteiger charge is 2.29. The standard InChI is InChI=1S/C13H25N3O4/c1-6-8(2)9(10(17)18)16-12(20)15-7-13(3,4)11(19)14-5/h8-9H,6-7H2,1-5H3,(H,14,19)(H,17,18)(H2,15,16,20)/t8-,9-/m0/s1. The van der Waals surface area contributed by atoms with Gasteiger partial charge in [-0.1, -0.05) is 20.3 Å². The normalized spacial score (nSPS) is 14.1. The van der Waals surface area contributed by atoms with Gasteiger partial charge in [-0.3, -0.25) is 4.79 Å². The topological polar surface area (TPSA) is 108 Å². The van der Waals surface area contributed by atoms with Gasteiger partial charge >= 0.3 is 12.0 Å². The maximum atomic E-state index is 11.7.